The SMILES string of the molecule is CNC(C)C(c1ccccc1)[PH](O)(c1ccccc1)c1ccccc1. The molecule has 0 spiro atoms. The van der Waals surface area contributed by atoms with Crippen LogP contribution in [0.2, 0.25) is 0 Å². The van der Waals surface area contributed by atoms with Crippen molar-refractivity contribution >= 4 is 18.1 Å². The van der Waals surface area contributed by atoms with Gasteiger partial charge >= 0.3 is 151 Å². The Morgan fingerprint density at radius 1 is 0.720 bits per heavy atom. The molecule has 3 aromatic rings. The number of likely N-dealkylation sites (N-methyl/N-ethyl adjacent to an activating group) is 1. The van der Waals surface area contributed by atoms with Crippen LogP contribution in [0.15, 0.2) is 91.0 Å². The average molecular weight is 351 g/mol. The summed E-state index contributed by atoms with van der Waals surface area (Å²) in [5.74, 6) is 0. The summed E-state index contributed by atoms with van der Waals surface area (Å²) < 4.78 is 0. The van der Waals surface area contributed by atoms with Gasteiger partial charge in [-0.25, -0.2) is 0 Å². The van der Waals surface area contributed by atoms with Crippen LogP contribution in [-0.2, 0) is 0 Å². The van der Waals surface area contributed by atoms with Gasteiger partial charge in [0.05, 0.1) is 0 Å². The van der Waals surface area contributed by atoms with Crippen LogP contribution in [0.25, 0.3) is 0 Å². The standard InChI is InChI=1S/C22H26NOP/c1-18(23-2)22(19-12-6-3-7-13-19)25(24,20-14-8-4-9-15-20)21-16-10-5-11-17-21/h3-18,22-25H,1-2H3. The quantitative estimate of drug-likeness (QED) is 0.665. The van der Waals surface area contributed by atoms with Crippen molar-refractivity contribution in [2.24, 2.45) is 0 Å². The second-order valence-corrected chi connectivity index (χ2v) is 9.77. The van der Waals surface area contributed by atoms with E-state index in [2.05, 4.69) is 60.8 Å². The van der Waals surface area contributed by atoms with Crippen molar-refractivity contribution in [1.82, 2.24) is 5.32 Å². The van der Waals surface area contributed by atoms with Gasteiger partial charge in [-0.2, -0.15) is 0 Å². The minimum absolute atomic E-state index is 0.00324. The summed E-state index contributed by atoms with van der Waals surface area (Å²) >= 11 is 0. The number of hydrogen-bond donors (Lipinski definition) is 2. The molecule has 130 valence electrons. The summed E-state index contributed by atoms with van der Waals surface area (Å²) in [4.78, 5) is 12.3. The van der Waals surface area contributed by atoms with Crippen LogP contribution in [0.3, 0.4) is 0 Å². The molecule has 2 atom stereocenters. The molecule has 0 amide bonds. The Labute approximate surface area is 151 Å². The fraction of sp³-hybridized carbons (Fsp3) is 0.182. The molecule has 0 bridgehead atoms. The van der Waals surface area contributed by atoms with E-state index in [1.807, 2.05) is 49.5 Å². The van der Waals surface area contributed by atoms with E-state index in [0.29, 0.717) is 0 Å². The van der Waals surface area contributed by atoms with Crippen LogP contribution < -0.4 is 15.9 Å². The van der Waals surface area contributed by atoms with Crippen LogP contribution in [-0.4, -0.2) is 18.0 Å². The van der Waals surface area contributed by atoms with E-state index >= 15 is 0 Å². The monoisotopic (exact) mass is 351 g/mol. The molecule has 0 saturated heterocycles. The molecule has 3 rings (SSSR count). The Balaban J connectivity index is 2.25. The van der Waals surface area contributed by atoms with Crippen molar-refractivity contribution in [1.29, 1.82) is 0 Å². The van der Waals surface area contributed by atoms with Crippen molar-refractivity contribution in [3.8, 4) is 0 Å². The van der Waals surface area contributed by atoms with E-state index in [9.17, 15) is 4.89 Å². The molecule has 0 fully saturated rings. The molecule has 25 heavy (non-hydrogen) atoms. The first-order valence-electron chi connectivity index (χ1n) is 8.73. The minimum atomic E-state index is -3.02. The summed E-state index contributed by atoms with van der Waals surface area (Å²) in [6, 6.07) is 30.9. The predicted octanol–water partition coefficient (Wildman–Crippen LogP) is 3.64. The van der Waals surface area contributed by atoms with E-state index in [1.54, 1.807) is 0 Å². The van der Waals surface area contributed by atoms with E-state index in [-0.39, 0.29) is 11.7 Å². The zero-order valence-corrected chi connectivity index (χ0v) is 15.8. The third kappa shape index (κ3) is 3.52. The Hall–Kier alpha value is -1.99. The van der Waals surface area contributed by atoms with Crippen LogP contribution in [0.4, 0.5) is 0 Å². The van der Waals surface area contributed by atoms with Crippen LogP contribution >= 0.6 is 7.49 Å². The van der Waals surface area contributed by atoms with Gasteiger partial charge < -0.3 is 0 Å². The Kier molecular flexibility index (Phi) is 5.65. The summed E-state index contributed by atoms with van der Waals surface area (Å²) in [7, 11) is -1.05. The topological polar surface area (TPSA) is 32.3 Å². The van der Waals surface area contributed by atoms with Crippen molar-refractivity contribution in [2.75, 3.05) is 7.05 Å². The van der Waals surface area contributed by atoms with Crippen LogP contribution in [0.5, 0.6) is 0 Å². The summed E-state index contributed by atoms with van der Waals surface area (Å²) in [5, 5.41) is 5.46. The molecule has 0 aliphatic carbocycles. The molecule has 2 nitrogen and oxygen atoms in total. The van der Waals surface area contributed by atoms with E-state index in [4.69, 9.17) is 0 Å². The summed E-state index contributed by atoms with van der Waals surface area (Å²) in [6.07, 6.45) is 0. The molecular formula is C22H26NOP. The van der Waals surface area contributed by atoms with Crippen molar-refractivity contribution in [3.05, 3.63) is 96.6 Å². The Morgan fingerprint density at radius 2 is 1.12 bits per heavy atom. The first-order valence-corrected chi connectivity index (χ1v) is 10.8. The first-order chi connectivity index (χ1) is 12.2. The zero-order chi connectivity index (χ0) is 17.7. The van der Waals surface area contributed by atoms with Gasteiger partial charge in [-0.3, -0.25) is 0 Å². The molecule has 0 saturated carbocycles. The normalized spacial score (nSPS) is 14.7. The summed E-state index contributed by atoms with van der Waals surface area (Å²) in [6.45, 7) is 2.15. The predicted molar refractivity (Wildman–Crippen MR) is 110 cm³/mol. The van der Waals surface area contributed by atoms with Crippen molar-refractivity contribution in [2.45, 2.75) is 18.6 Å². The fourth-order valence-electron chi connectivity index (χ4n) is 3.63. The second kappa shape index (κ2) is 7.93. The van der Waals surface area contributed by atoms with Gasteiger partial charge in [0.15, 0.2) is 0 Å². The summed E-state index contributed by atoms with van der Waals surface area (Å²) in [5.41, 5.74) is 1.18. The number of nitrogens with one attached hydrogen (secondary N) is 1. The van der Waals surface area contributed by atoms with E-state index in [0.717, 1.165) is 10.6 Å². The molecule has 2 unspecified atom stereocenters. The molecular weight excluding hydrogens is 325 g/mol. The molecule has 0 aromatic heterocycles. The Bertz CT molecular complexity index is 737. The van der Waals surface area contributed by atoms with Gasteiger partial charge in [0.1, 0.15) is 0 Å². The third-order valence-corrected chi connectivity index (χ3v) is 9.15. The zero-order valence-electron chi connectivity index (χ0n) is 14.8. The van der Waals surface area contributed by atoms with Gasteiger partial charge in [0, 0.05) is 0 Å². The van der Waals surface area contributed by atoms with Gasteiger partial charge in [-0.05, 0) is 0 Å². The number of hydrogen-bond acceptors (Lipinski definition) is 2. The molecule has 3 aromatic carbocycles. The maximum absolute atomic E-state index is 12.3. The van der Waals surface area contributed by atoms with Gasteiger partial charge in [-0.15, -0.1) is 0 Å². The van der Waals surface area contributed by atoms with Gasteiger partial charge in [0.25, 0.3) is 0 Å². The van der Waals surface area contributed by atoms with Gasteiger partial charge in [-0.1, -0.05) is 0 Å². The van der Waals surface area contributed by atoms with Gasteiger partial charge in [0.2, 0.25) is 0 Å². The van der Waals surface area contributed by atoms with Crippen LogP contribution in [0, 0.1) is 0 Å². The fourth-order valence-corrected chi connectivity index (χ4v) is 7.65. The number of rotatable bonds is 6. The molecule has 2 N–H and O–H groups in total. The Morgan fingerprint density at radius 3 is 1.52 bits per heavy atom. The molecule has 0 radical (unpaired) electrons. The van der Waals surface area contributed by atoms with E-state index in [1.165, 1.54) is 5.56 Å². The first kappa shape index (κ1) is 17.8. The number of benzene rings is 3. The van der Waals surface area contributed by atoms with E-state index < -0.39 is 7.49 Å². The van der Waals surface area contributed by atoms with Crippen LogP contribution in [0.1, 0.15) is 18.1 Å². The van der Waals surface area contributed by atoms with Crippen molar-refractivity contribution < 1.29 is 4.89 Å². The second-order valence-electron chi connectivity index (χ2n) is 6.46. The van der Waals surface area contributed by atoms with Crippen molar-refractivity contribution in [3.63, 3.8) is 0 Å². The third-order valence-electron chi connectivity index (χ3n) is 4.99. The molecule has 3 heteroatoms. The molecule has 0 aliphatic rings. The molecule has 0 aliphatic heterocycles. The maximum atomic E-state index is 12.3. The molecule has 0 heterocycles. The average Bonchev–Trinajstić information content (AvgIpc) is 2.70.